The van der Waals surface area contributed by atoms with Gasteiger partial charge in [0.2, 0.25) is 0 Å². The largest absolute Gasteiger partial charge is 0.451 e. The van der Waals surface area contributed by atoms with Crippen molar-refractivity contribution < 1.29 is 38.4 Å². The molecule has 1 unspecified atom stereocenters. The Morgan fingerprint density at radius 1 is 1.26 bits per heavy atom. The van der Waals surface area contributed by atoms with Gasteiger partial charge in [-0.15, -0.1) is 0 Å². The first-order chi connectivity index (χ1) is 16.3. The second kappa shape index (κ2) is 7.54. The number of halogens is 2. The molecule has 0 heterocycles. The Balaban J connectivity index is 1.63. The number of rotatable bonds is 3. The van der Waals surface area contributed by atoms with Gasteiger partial charge in [0.15, 0.2) is 17.5 Å². The predicted octanol–water partition coefficient (Wildman–Crippen LogP) is 2.96. The first-order valence-corrected chi connectivity index (χ1v) is 11.9. The smallest absolute Gasteiger partial charge is 0.341 e. The van der Waals surface area contributed by atoms with E-state index in [1.807, 2.05) is 6.92 Å². The molecule has 2 fully saturated rings. The normalized spacial score (nSPS) is 41.1. The minimum Gasteiger partial charge on any atom is -0.451 e. The minimum atomic E-state index is -2.32. The molecule has 3 N–H and O–H groups in total. The van der Waals surface area contributed by atoms with E-state index in [0.29, 0.717) is 18.1 Å². The van der Waals surface area contributed by atoms with Crippen LogP contribution in [0.4, 0.5) is 8.78 Å². The number of benzene rings is 1. The van der Waals surface area contributed by atoms with Gasteiger partial charge in [0.05, 0.1) is 17.6 Å². The predicted molar refractivity (Wildman–Crippen MR) is 121 cm³/mol. The Bertz CT molecular complexity index is 1190. The van der Waals surface area contributed by atoms with Crippen LogP contribution in [0.2, 0.25) is 0 Å². The summed E-state index contributed by atoms with van der Waals surface area (Å²) in [5, 5.41) is 33.9. The molecule has 1 aromatic carbocycles. The highest BCUT2D eigenvalue weighted by atomic mass is 19.1. The summed E-state index contributed by atoms with van der Waals surface area (Å²) in [6, 6.07) is 2.40. The molecule has 4 aliphatic carbocycles. The molecule has 2 saturated carbocycles. The highest BCUT2D eigenvalue weighted by Gasteiger charge is 2.76. The van der Waals surface area contributed by atoms with E-state index < -0.39 is 64.8 Å². The van der Waals surface area contributed by atoms with E-state index >= 15 is 0 Å². The molecule has 4 aliphatic rings. The second-order valence-corrected chi connectivity index (χ2v) is 11.3. The fourth-order valence-electron chi connectivity index (χ4n) is 7.42. The molecule has 8 atom stereocenters. The number of Topliss-reactive ketones (excluding diaryl/α,β-unsaturated/α-hetero) is 1. The molecule has 0 amide bonds. The summed E-state index contributed by atoms with van der Waals surface area (Å²) in [5.41, 5.74) is -4.11. The van der Waals surface area contributed by atoms with Gasteiger partial charge >= 0.3 is 5.97 Å². The highest BCUT2D eigenvalue weighted by molar-refractivity contribution is 5.96. The topological polar surface area (TPSA) is 104 Å². The van der Waals surface area contributed by atoms with Gasteiger partial charge in [-0.1, -0.05) is 32.9 Å². The van der Waals surface area contributed by atoms with Crippen LogP contribution in [0, 0.1) is 46.1 Å². The standard InChI is InChI=1S/C27H30F2O6/c1-12-10-26-13(2)7-18-20(25(18,3)4)17(22(26)32)8-14(11-30)21(31)27(26,34)23(12)35-24(33)16-6-5-15(28)9-19(16)29/h5-6,8-10,13,17-18,20-21,23,30-31,34H,7,11H2,1-4H3/t13-,17?,18-,20+,21-,23+,26+,27+/m1/s1. The SMILES string of the molecule is CC1=C[C@]23C(=O)C(C=C(CO)[C@@H](O)[C@]2(O)[C@H]1OC(=O)c1ccc(F)cc1F)[C@H]1[C@@H](C[C@H]3C)C1(C)C. The summed E-state index contributed by atoms with van der Waals surface area (Å²) in [4.78, 5) is 27.2. The van der Waals surface area contributed by atoms with Crippen molar-refractivity contribution in [2.75, 3.05) is 6.61 Å². The van der Waals surface area contributed by atoms with Gasteiger partial charge in [-0.05, 0) is 59.8 Å². The van der Waals surface area contributed by atoms with Gasteiger partial charge in [-0.3, -0.25) is 4.79 Å². The number of carbonyl (C=O) groups is 2. The summed E-state index contributed by atoms with van der Waals surface area (Å²) in [6.07, 6.45) is 0.593. The van der Waals surface area contributed by atoms with Crippen molar-refractivity contribution in [2.24, 2.45) is 34.5 Å². The Hall–Kier alpha value is -2.42. The maximum Gasteiger partial charge on any atom is 0.341 e. The molecule has 188 valence electrons. The highest BCUT2D eigenvalue weighted by Crippen LogP contribution is 2.71. The number of aliphatic hydroxyl groups excluding tert-OH is 2. The number of fused-ring (bicyclic) bond motifs is 3. The molecule has 5 rings (SSSR count). The summed E-state index contributed by atoms with van der Waals surface area (Å²) in [6.45, 7) is 7.03. The number of carbonyl (C=O) groups excluding carboxylic acids is 2. The Morgan fingerprint density at radius 2 is 1.94 bits per heavy atom. The fraction of sp³-hybridized carbons (Fsp3) is 0.556. The fourth-order valence-corrected chi connectivity index (χ4v) is 7.42. The van der Waals surface area contributed by atoms with Crippen LogP contribution in [0.25, 0.3) is 0 Å². The molecule has 1 spiro atoms. The second-order valence-electron chi connectivity index (χ2n) is 11.3. The first kappa shape index (κ1) is 24.3. The van der Waals surface area contributed by atoms with E-state index in [4.69, 9.17) is 4.74 Å². The average Bonchev–Trinajstić information content (AvgIpc) is 3.27. The van der Waals surface area contributed by atoms with Crippen LogP contribution >= 0.6 is 0 Å². The molecule has 1 aromatic rings. The number of ketones is 1. The number of allylic oxidation sites excluding steroid dienone is 1. The van der Waals surface area contributed by atoms with Gasteiger partial charge in [-0.25, -0.2) is 13.6 Å². The van der Waals surface area contributed by atoms with Gasteiger partial charge in [0.1, 0.15) is 17.7 Å². The van der Waals surface area contributed by atoms with E-state index in [9.17, 15) is 33.7 Å². The lowest BCUT2D eigenvalue weighted by Crippen LogP contribution is -2.65. The third-order valence-electron chi connectivity index (χ3n) is 9.27. The van der Waals surface area contributed by atoms with Crippen LogP contribution in [0.15, 0.2) is 41.5 Å². The van der Waals surface area contributed by atoms with Crippen LogP contribution in [0.1, 0.15) is 44.5 Å². The average molecular weight is 489 g/mol. The van der Waals surface area contributed by atoms with Crippen molar-refractivity contribution in [1.82, 2.24) is 0 Å². The van der Waals surface area contributed by atoms with E-state index in [2.05, 4.69) is 13.8 Å². The zero-order valence-corrected chi connectivity index (χ0v) is 20.1. The summed E-state index contributed by atoms with van der Waals surface area (Å²) in [5.74, 6) is -4.27. The maximum atomic E-state index is 14.3. The molecule has 0 aromatic heterocycles. The summed E-state index contributed by atoms with van der Waals surface area (Å²) >= 11 is 0. The number of ether oxygens (including phenoxy) is 1. The zero-order valence-electron chi connectivity index (χ0n) is 20.1. The third kappa shape index (κ3) is 2.96. The molecule has 0 saturated heterocycles. The van der Waals surface area contributed by atoms with Crippen molar-refractivity contribution in [3.63, 3.8) is 0 Å². The van der Waals surface area contributed by atoms with Crippen LogP contribution in [0.3, 0.4) is 0 Å². The van der Waals surface area contributed by atoms with E-state index in [1.54, 1.807) is 19.1 Å². The van der Waals surface area contributed by atoms with Crippen LogP contribution in [0.5, 0.6) is 0 Å². The van der Waals surface area contributed by atoms with Gasteiger partial charge < -0.3 is 20.1 Å². The van der Waals surface area contributed by atoms with E-state index in [-0.39, 0.29) is 28.6 Å². The number of aliphatic hydroxyl groups is 3. The van der Waals surface area contributed by atoms with Crippen molar-refractivity contribution in [3.05, 3.63) is 58.7 Å². The molecule has 35 heavy (non-hydrogen) atoms. The number of hydrogen-bond acceptors (Lipinski definition) is 6. The van der Waals surface area contributed by atoms with Crippen molar-refractivity contribution >= 4 is 11.8 Å². The Labute approximate surface area is 202 Å². The van der Waals surface area contributed by atoms with Gasteiger partial charge in [0.25, 0.3) is 0 Å². The summed E-state index contributed by atoms with van der Waals surface area (Å²) in [7, 11) is 0. The molecule has 0 aliphatic heterocycles. The van der Waals surface area contributed by atoms with Crippen LogP contribution < -0.4 is 0 Å². The van der Waals surface area contributed by atoms with Crippen molar-refractivity contribution in [2.45, 2.75) is 51.9 Å². The number of esters is 1. The number of hydrogen-bond donors (Lipinski definition) is 3. The first-order valence-electron chi connectivity index (χ1n) is 11.9. The monoisotopic (exact) mass is 488 g/mol. The molecular weight excluding hydrogens is 458 g/mol. The third-order valence-corrected chi connectivity index (χ3v) is 9.27. The Kier molecular flexibility index (Phi) is 5.23. The molecule has 8 heteroatoms. The van der Waals surface area contributed by atoms with E-state index in [0.717, 1.165) is 12.1 Å². The minimum absolute atomic E-state index is 0.00320. The lowest BCUT2D eigenvalue weighted by Gasteiger charge is -2.48. The Morgan fingerprint density at radius 3 is 2.57 bits per heavy atom. The van der Waals surface area contributed by atoms with Gasteiger partial charge in [-0.2, -0.15) is 0 Å². The molecule has 6 nitrogen and oxygen atoms in total. The molecule has 0 radical (unpaired) electrons. The molecule has 2 bridgehead atoms. The van der Waals surface area contributed by atoms with Crippen molar-refractivity contribution in [1.29, 1.82) is 0 Å². The quantitative estimate of drug-likeness (QED) is 0.447. The zero-order chi connectivity index (χ0) is 25.7. The van der Waals surface area contributed by atoms with E-state index in [1.165, 1.54) is 0 Å². The van der Waals surface area contributed by atoms with Crippen molar-refractivity contribution in [3.8, 4) is 0 Å². The van der Waals surface area contributed by atoms with Gasteiger partial charge in [0, 0.05) is 12.0 Å². The lowest BCUT2D eigenvalue weighted by atomic mass is 9.59. The maximum absolute atomic E-state index is 14.3. The van der Waals surface area contributed by atoms with Crippen LogP contribution in [-0.2, 0) is 9.53 Å². The van der Waals surface area contributed by atoms with Crippen LogP contribution in [-0.4, -0.2) is 51.5 Å². The summed E-state index contributed by atoms with van der Waals surface area (Å²) < 4.78 is 33.2. The molecular formula is C27H30F2O6. The lowest BCUT2D eigenvalue weighted by molar-refractivity contribution is -0.190.